The highest BCUT2D eigenvalue weighted by Crippen LogP contribution is 2.30. The zero-order valence-electron chi connectivity index (χ0n) is 9.58. The summed E-state index contributed by atoms with van der Waals surface area (Å²) in [6.45, 7) is -0.444. The van der Waals surface area contributed by atoms with Gasteiger partial charge in [0.15, 0.2) is 11.9 Å². The second kappa shape index (κ2) is 4.62. The Balaban J connectivity index is 2.10. The minimum atomic E-state index is -1.30. The lowest BCUT2D eigenvalue weighted by atomic mass is 10.1. The first-order valence-electron chi connectivity index (χ1n) is 5.57. The normalized spacial score (nSPS) is 31.1. The van der Waals surface area contributed by atoms with Gasteiger partial charge in [0.1, 0.15) is 24.6 Å². The molecule has 1 aliphatic rings. The number of aliphatic hydroxyl groups excluding tert-OH is 3. The molecule has 0 amide bonds. The van der Waals surface area contributed by atoms with Crippen LogP contribution in [0.3, 0.4) is 0 Å². The molecule has 0 bridgehead atoms. The second-order valence-corrected chi connectivity index (χ2v) is 5.17. The van der Waals surface area contributed by atoms with Crippen molar-refractivity contribution < 1.29 is 20.1 Å². The van der Waals surface area contributed by atoms with E-state index in [4.69, 9.17) is 9.84 Å². The van der Waals surface area contributed by atoms with Crippen LogP contribution < -0.4 is 4.87 Å². The first kappa shape index (κ1) is 12.6. The zero-order valence-corrected chi connectivity index (χ0v) is 10.4. The molecule has 1 aliphatic heterocycles. The molecular formula is C10H11N3O5S. The molecule has 0 aromatic carbocycles. The van der Waals surface area contributed by atoms with E-state index >= 15 is 0 Å². The highest BCUT2D eigenvalue weighted by atomic mass is 32.1. The van der Waals surface area contributed by atoms with Crippen molar-refractivity contribution in [3.8, 4) is 0 Å². The number of thiazole rings is 1. The van der Waals surface area contributed by atoms with Crippen LogP contribution in [-0.4, -0.2) is 54.8 Å². The van der Waals surface area contributed by atoms with Crippen LogP contribution in [0.25, 0.3) is 10.3 Å². The Morgan fingerprint density at radius 1 is 1.42 bits per heavy atom. The molecule has 1 saturated heterocycles. The van der Waals surface area contributed by atoms with Gasteiger partial charge in [-0.2, -0.15) is 0 Å². The Morgan fingerprint density at radius 2 is 2.21 bits per heavy atom. The van der Waals surface area contributed by atoms with Gasteiger partial charge in [-0.05, 0) is 0 Å². The minimum absolute atomic E-state index is 0.333. The molecule has 3 heterocycles. The third kappa shape index (κ3) is 1.86. The molecule has 3 N–H and O–H groups in total. The topological polar surface area (TPSA) is 118 Å². The molecule has 0 saturated carbocycles. The Kier molecular flexibility index (Phi) is 3.07. The SMILES string of the molecule is O=c1sc2cncnc2n1C1O[C@H](CO)[C@@H](O)[C@H]1O. The largest absolute Gasteiger partial charge is 0.394 e. The predicted molar refractivity (Wildman–Crippen MR) is 64.7 cm³/mol. The lowest BCUT2D eigenvalue weighted by Crippen LogP contribution is -2.34. The number of ether oxygens (including phenoxy) is 1. The first-order chi connectivity index (χ1) is 9.13. The average Bonchev–Trinajstić information content (AvgIpc) is 2.88. The van der Waals surface area contributed by atoms with Crippen LogP contribution >= 0.6 is 11.3 Å². The van der Waals surface area contributed by atoms with Gasteiger partial charge in [-0.25, -0.2) is 9.97 Å². The van der Waals surface area contributed by atoms with Gasteiger partial charge in [-0.15, -0.1) is 0 Å². The van der Waals surface area contributed by atoms with Crippen molar-refractivity contribution in [2.75, 3.05) is 6.61 Å². The van der Waals surface area contributed by atoms with Crippen LogP contribution in [0.5, 0.6) is 0 Å². The number of hydrogen-bond donors (Lipinski definition) is 3. The summed E-state index contributed by atoms with van der Waals surface area (Å²) < 4.78 is 7.06. The van der Waals surface area contributed by atoms with Gasteiger partial charge in [-0.3, -0.25) is 9.36 Å². The molecule has 102 valence electrons. The summed E-state index contributed by atoms with van der Waals surface area (Å²) in [7, 11) is 0. The molecule has 19 heavy (non-hydrogen) atoms. The maximum atomic E-state index is 12.0. The van der Waals surface area contributed by atoms with E-state index in [0.29, 0.717) is 10.3 Å². The number of rotatable bonds is 2. The van der Waals surface area contributed by atoms with Crippen molar-refractivity contribution in [1.29, 1.82) is 0 Å². The summed E-state index contributed by atoms with van der Waals surface area (Å²) in [5.41, 5.74) is 0.333. The molecule has 2 aromatic heterocycles. The summed E-state index contributed by atoms with van der Waals surface area (Å²) in [4.78, 5) is 19.4. The van der Waals surface area contributed by atoms with Crippen molar-refractivity contribution in [3.05, 3.63) is 22.2 Å². The monoisotopic (exact) mass is 285 g/mol. The van der Waals surface area contributed by atoms with Gasteiger partial charge < -0.3 is 20.1 Å². The highest BCUT2D eigenvalue weighted by Gasteiger charge is 2.44. The zero-order chi connectivity index (χ0) is 13.6. The predicted octanol–water partition coefficient (Wildman–Crippen LogP) is -1.54. The van der Waals surface area contributed by atoms with Crippen molar-refractivity contribution in [1.82, 2.24) is 14.5 Å². The fourth-order valence-electron chi connectivity index (χ4n) is 2.11. The fourth-order valence-corrected chi connectivity index (χ4v) is 2.94. The Bertz CT molecular complexity index is 656. The molecular weight excluding hydrogens is 274 g/mol. The van der Waals surface area contributed by atoms with E-state index in [0.717, 1.165) is 11.3 Å². The maximum Gasteiger partial charge on any atom is 0.311 e. The molecule has 1 fully saturated rings. The van der Waals surface area contributed by atoms with Crippen molar-refractivity contribution in [3.63, 3.8) is 0 Å². The molecule has 3 rings (SSSR count). The van der Waals surface area contributed by atoms with Crippen LogP contribution in [0.1, 0.15) is 6.23 Å². The number of nitrogens with zero attached hydrogens (tertiary/aromatic N) is 3. The maximum absolute atomic E-state index is 12.0. The van der Waals surface area contributed by atoms with Crippen LogP contribution in [-0.2, 0) is 4.74 Å². The van der Waals surface area contributed by atoms with Gasteiger partial charge >= 0.3 is 4.87 Å². The summed E-state index contributed by atoms with van der Waals surface area (Å²) in [6.07, 6.45) is -1.77. The summed E-state index contributed by atoms with van der Waals surface area (Å²) >= 11 is 0.925. The molecule has 8 nitrogen and oxygen atoms in total. The van der Waals surface area contributed by atoms with Crippen molar-refractivity contribution in [2.45, 2.75) is 24.5 Å². The van der Waals surface area contributed by atoms with E-state index in [-0.39, 0.29) is 4.87 Å². The number of aliphatic hydroxyl groups is 3. The number of fused-ring (bicyclic) bond motifs is 1. The Hall–Kier alpha value is -1.39. The van der Waals surface area contributed by atoms with Gasteiger partial charge in [-0.1, -0.05) is 11.3 Å². The van der Waals surface area contributed by atoms with E-state index in [1.54, 1.807) is 0 Å². The Morgan fingerprint density at radius 3 is 2.89 bits per heavy atom. The molecule has 1 unspecified atom stereocenters. The summed E-state index contributed by atoms with van der Waals surface area (Å²) in [5, 5.41) is 28.7. The Labute approximate surface area is 110 Å². The van der Waals surface area contributed by atoms with Crippen LogP contribution in [0.2, 0.25) is 0 Å². The standard InChI is InChI=1S/C10H11N3O5S/c14-2-4-6(15)7(16)9(18-4)13-8-5(19-10(13)17)1-11-3-12-8/h1,3-4,6-7,9,14-16H,2H2/t4-,6-,7-,9?/m1/s1. The van der Waals surface area contributed by atoms with E-state index < -0.39 is 31.1 Å². The molecule has 0 spiro atoms. The summed E-state index contributed by atoms with van der Waals surface area (Å²) in [6, 6.07) is 0. The van der Waals surface area contributed by atoms with Crippen LogP contribution in [0.15, 0.2) is 17.3 Å². The molecule has 0 aliphatic carbocycles. The van der Waals surface area contributed by atoms with E-state index in [1.807, 2.05) is 0 Å². The lowest BCUT2D eigenvalue weighted by Gasteiger charge is -2.15. The quantitative estimate of drug-likeness (QED) is 0.612. The minimum Gasteiger partial charge on any atom is -0.394 e. The molecule has 4 atom stereocenters. The van der Waals surface area contributed by atoms with E-state index in [1.165, 1.54) is 17.1 Å². The van der Waals surface area contributed by atoms with Gasteiger partial charge in [0.25, 0.3) is 0 Å². The van der Waals surface area contributed by atoms with Crippen LogP contribution in [0, 0.1) is 0 Å². The van der Waals surface area contributed by atoms with Gasteiger partial charge in [0.2, 0.25) is 0 Å². The average molecular weight is 285 g/mol. The van der Waals surface area contributed by atoms with E-state index in [9.17, 15) is 15.0 Å². The number of aromatic nitrogens is 3. The smallest absolute Gasteiger partial charge is 0.311 e. The number of hydrogen-bond acceptors (Lipinski definition) is 8. The fraction of sp³-hybridized carbons (Fsp3) is 0.500. The van der Waals surface area contributed by atoms with Gasteiger partial charge in [0.05, 0.1) is 11.3 Å². The van der Waals surface area contributed by atoms with Gasteiger partial charge in [0, 0.05) is 6.20 Å². The summed E-state index contributed by atoms with van der Waals surface area (Å²) in [5.74, 6) is 0. The third-order valence-corrected chi connectivity index (χ3v) is 3.93. The van der Waals surface area contributed by atoms with Crippen LogP contribution in [0.4, 0.5) is 0 Å². The molecule has 2 aromatic rings. The third-order valence-electron chi connectivity index (χ3n) is 3.05. The van der Waals surface area contributed by atoms with Crippen molar-refractivity contribution >= 4 is 21.7 Å². The molecule has 9 heteroatoms. The second-order valence-electron chi connectivity index (χ2n) is 4.18. The van der Waals surface area contributed by atoms with E-state index in [2.05, 4.69) is 9.97 Å². The highest BCUT2D eigenvalue weighted by molar-refractivity contribution is 7.16. The van der Waals surface area contributed by atoms with Crippen molar-refractivity contribution in [2.24, 2.45) is 0 Å². The lowest BCUT2D eigenvalue weighted by molar-refractivity contribution is -0.0518. The first-order valence-corrected chi connectivity index (χ1v) is 6.38. The molecule has 0 radical (unpaired) electrons.